The first-order valence-corrected chi connectivity index (χ1v) is 8.40. The van der Waals surface area contributed by atoms with Crippen molar-refractivity contribution < 1.29 is 14.6 Å². The van der Waals surface area contributed by atoms with Crippen LogP contribution in [0.5, 0.6) is 0 Å². The molecule has 1 aliphatic rings. The maximum absolute atomic E-state index is 11.6. The Kier molecular flexibility index (Phi) is 5.94. The van der Waals surface area contributed by atoms with Gasteiger partial charge in [0.25, 0.3) is 0 Å². The Labute approximate surface area is 130 Å². The molecular weight excluding hydrogens is 286 g/mol. The molecule has 0 aliphatic carbocycles. The average Bonchev–Trinajstić information content (AvgIpc) is 2.48. The van der Waals surface area contributed by atoms with Crippen molar-refractivity contribution in [1.29, 1.82) is 0 Å². The fourth-order valence-electron chi connectivity index (χ4n) is 2.77. The minimum atomic E-state index is -0.853. The number of thioether (sulfide) groups is 1. The zero-order valence-corrected chi connectivity index (χ0v) is 13.5. The van der Waals surface area contributed by atoms with E-state index in [1.807, 2.05) is 32.2 Å². The van der Waals surface area contributed by atoms with Crippen LogP contribution in [0.15, 0.2) is 23.1 Å². The Hall–Kier alpha value is -1.20. The third-order valence-corrected chi connectivity index (χ3v) is 4.66. The number of hydrogen-bond donors (Lipinski definition) is 1. The third-order valence-electron chi connectivity index (χ3n) is 3.72. The van der Waals surface area contributed by atoms with Gasteiger partial charge in [-0.15, -0.1) is 11.8 Å². The van der Waals surface area contributed by atoms with Gasteiger partial charge in [0, 0.05) is 25.1 Å². The highest BCUT2D eigenvalue weighted by molar-refractivity contribution is 7.99. The van der Waals surface area contributed by atoms with Crippen LogP contribution in [0.3, 0.4) is 0 Å². The van der Waals surface area contributed by atoms with E-state index < -0.39 is 5.97 Å². The standard InChI is InChI=1S/C16H23NO3S/c1-3-21-14-8-4-7-13(15(14)16(18)19)17(2)10-12-6-5-9-20-11-12/h4,7-8,12H,3,5-6,9-11H2,1-2H3,(H,18,19). The Morgan fingerprint density at radius 3 is 2.95 bits per heavy atom. The predicted octanol–water partition coefficient (Wildman–Crippen LogP) is 3.36. The zero-order valence-electron chi connectivity index (χ0n) is 12.7. The molecule has 0 aromatic heterocycles. The molecular formula is C16H23NO3S. The molecule has 1 heterocycles. The van der Waals surface area contributed by atoms with Crippen LogP contribution in [0.2, 0.25) is 0 Å². The van der Waals surface area contributed by atoms with Gasteiger partial charge in [-0.2, -0.15) is 0 Å². The molecule has 4 nitrogen and oxygen atoms in total. The number of carboxylic acids is 1. The number of rotatable bonds is 6. The molecule has 0 bridgehead atoms. The summed E-state index contributed by atoms with van der Waals surface area (Å²) in [5.41, 5.74) is 1.22. The molecule has 0 saturated carbocycles. The van der Waals surface area contributed by atoms with E-state index in [9.17, 15) is 9.90 Å². The molecule has 1 atom stereocenters. The summed E-state index contributed by atoms with van der Waals surface area (Å²) in [5, 5.41) is 9.56. The quantitative estimate of drug-likeness (QED) is 0.817. The van der Waals surface area contributed by atoms with E-state index in [0.29, 0.717) is 11.5 Å². The Balaban J connectivity index is 2.20. The number of anilines is 1. The summed E-state index contributed by atoms with van der Waals surface area (Å²) in [5.74, 6) is 0.491. The summed E-state index contributed by atoms with van der Waals surface area (Å²) < 4.78 is 5.51. The minimum absolute atomic E-state index is 0.420. The van der Waals surface area contributed by atoms with Crippen molar-refractivity contribution in [3.63, 3.8) is 0 Å². The third kappa shape index (κ3) is 4.14. The normalized spacial score (nSPS) is 18.5. The number of aromatic carboxylic acids is 1. The van der Waals surface area contributed by atoms with E-state index in [1.54, 1.807) is 11.8 Å². The molecule has 1 aromatic carbocycles. The zero-order chi connectivity index (χ0) is 15.2. The van der Waals surface area contributed by atoms with Gasteiger partial charge in [-0.1, -0.05) is 13.0 Å². The Bertz CT molecular complexity index is 486. The van der Waals surface area contributed by atoms with Gasteiger partial charge in [0.2, 0.25) is 0 Å². The van der Waals surface area contributed by atoms with Gasteiger partial charge in [0.1, 0.15) is 0 Å². The molecule has 1 aromatic rings. The lowest BCUT2D eigenvalue weighted by Crippen LogP contribution is -2.31. The molecule has 1 saturated heterocycles. The largest absolute Gasteiger partial charge is 0.478 e. The average molecular weight is 309 g/mol. The summed E-state index contributed by atoms with van der Waals surface area (Å²) in [6, 6.07) is 5.72. The monoisotopic (exact) mass is 309 g/mol. The highest BCUT2D eigenvalue weighted by Crippen LogP contribution is 2.31. The highest BCUT2D eigenvalue weighted by atomic mass is 32.2. The van der Waals surface area contributed by atoms with Gasteiger partial charge in [-0.25, -0.2) is 4.79 Å². The first kappa shape index (κ1) is 16.2. The summed E-state index contributed by atoms with van der Waals surface area (Å²) in [4.78, 5) is 14.5. The smallest absolute Gasteiger partial charge is 0.338 e. The van der Waals surface area contributed by atoms with Crippen molar-refractivity contribution in [2.45, 2.75) is 24.7 Å². The van der Waals surface area contributed by atoms with Gasteiger partial charge in [0.15, 0.2) is 0 Å². The van der Waals surface area contributed by atoms with Gasteiger partial charge in [-0.05, 0) is 36.6 Å². The van der Waals surface area contributed by atoms with Crippen molar-refractivity contribution in [2.75, 3.05) is 37.5 Å². The molecule has 1 unspecified atom stereocenters. The van der Waals surface area contributed by atoms with E-state index in [1.165, 1.54) is 0 Å². The van der Waals surface area contributed by atoms with Gasteiger partial charge in [-0.3, -0.25) is 0 Å². The highest BCUT2D eigenvalue weighted by Gasteiger charge is 2.21. The van der Waals surface area contributed by atoms with Crippen molar-refractivity contribution in [2.24, 2.45) is 5.92 Å². The Morgan fingerprint density at radius 1 is 1.52 bits per heavy atom. The fourth-order valence-corrected chi connectivity index (χ4v) is 3.59. The summed E-state index contributed by atoms with van der Waals surface area (Å²) in [7, 11) is 1.97. The first-order chi connectivity index (χ1) is 10.1. The molecule has 116 valence electrons. The summed E-state index contributed by atoms with van der Waals surface area (Å²) >= 11 is 1.58. The van der Waals surface area contributed by atoms with E-state index in [-0.39, 0.29) is 0 Å². The van der Waals surface area contributed by atoms with E-state index in [2.05, 4.69) is 4.90 Å². The number of hydrogen-bond acceptors (Lipinski definition) is 4. The Morgan fingerprint density at radius 2 is 2.33 bits per heavy atom. The molecule has 5 heteroatoms. The van der Waals surface area contributed by atoms with Crippen molar-refractivity contribution in [1.82, 2.24) is 0 Å². The molecule has 1 aliphatic heterocycles. The molecule has 21 heavy (non-hydrogen) atoms. The van der Waals surface area contributed by atoms with Crippen LogP contribution in [-0.4, -0.2) is 43.6 Å². The van der Waals surface area contributed by atoms with Gasteiger partial charge >= 0.3 is 5.97 Å². The maximum atomic E-state index is 11.6. The summed E-state index contributed by atoms with van der Waals surface area (Å²) in [6.45, 7) is 4.49. The number of nitrogens with zero attached hydrogens (tertiary/aromatic N) is 1. The predicted molar refractivity (Wildman–Crippen MR) is 86.6 cm³/mol. The number of benzene rings is 1. The van der Waals surface area contributed by atoms with Crippen LogP contribution >= 0.6 is 11.8 Å². The van der Waals surface area contributed by atoms with E-state index in [4.69, 9.17) is 4.74 Å². The summed E-state index contributed by atoms with van der Waals surface area (Å²) in [6.07, 6.45) is 2.24. The molecule has 0 spiro atoms. The number of ether oxygens (including phenoxy) is 1. The van der Waals surface area contributed by atoms with Crippen molar-refractivity contribution in [3.8, 4) is 0 Å². The second kappa shape index (κ2) is 7.71. The second-order valence-electron chi connectivity index (χ2n) is 5.35. The lowest BCUT2D eigenvalue weighted by atomic mass is 10.0. The fraction of sp³-hybridized carbons (Fsp3) is 0.562. The SMILES string of the molecule is CCSc1cccc(N(C)CC2CCCOC2)c1C(=O)O. The first-order valence-electron chi connectivity index (χ1n) is 7.41. The molecule has 2 rings (SSSR count). The van der Waals surface area contributed by atoms with Crippen molar-refractivity contribution in [3.05, 3.63) is 23.8 Å². The van der Waals surface area contributed by atoms with E-state index in [0.717, 1.165) is 48.9 Å². The molecule has 0 amide bonds. The molecule has 1 fully saturated rings. The molecule has 1 N–H and O–H groups in total. The lowest BCUT2D eigenvalue weighted by molar-refractivity contribution is 0.0576. The number of carboxylic acid groups (broad SMARTS) is 1. The van der Waals surface area contributed by atoms with Crippen LogP contribution in [-0.2, 0) is 4.74 Å². The van der Waals surface area contributed by atoms with Gasteiger partial charge < -0.3 is 14.7 Å². The maximum Gasteiger partial charge on any atom is 0.338 e. The van der Waals surface area contributed by atoms with Crippen LogP contribution in [0.25, 0.3) is 0 Å². The van der Waals surface area contributed by atoms with Crippen LogP contribution in [0.4, 0.5) is 5.69 Å². The van der Waals surface area contributed by atoms with E-state index >= 15 is 0 Å². The van der Waals surface area contributed by atoms with Crippen LogP contribution < -0.4 is 4.90 Å². The lowest BCUT2D eigenvalue weighted by Gasteiger charge is -2.29. The number of carbonyl (C=O) groups is 1. The van der Waals surface area contributed by atoms with Gasteiger partial charge in [0.05, 0.1) is 17.9 Å². The minimum Gasteiger partial charge on any atom is -0.478 e. The van der Waals surface area contributed by atoms with Crippen LogP contribution in [0, 0.1) is 5.92 Å². The molecule has 0 radical (unpaired) electrons. The van der Waals surface area contributed by atoms with Crippen molar-refractivity contribution >= 4 is 23.4 Å². The topological polar surface area (TPSA) is 49.8 Å². The second-order valence-corrected chi connectivity index (χ2v) is 6.66. The van der Waals surface area contributed by atoms with Crippen LogP contribution in [0.1, 0.15) is 30.1 Å².